The van der Waals surface area contributed by atoms with E-state index in [4.69, 9.17) is 10.5 Å². The molecule has 0 fully saturated rings. The highest BCUT2D eigenvalue weighted by molar-refractivity contribution is 14.0. The van der Waals surface area contributed by atoms with Gasteiger partial charge in [-0.2, -0.15) is 0 Å². The lowest BCUT2D eigenvalue weighted by molar-refractivity contribution is 0.359. The van der Waals surface area contributed by atoms with Crippen LogP contribution in [0.5, 0.6) is 5.75 Å². The van der Waals surface area contributed by atoms with Crippen molar-refractivity contribution in [3.8, 4) is 5.75 Å². The van der Waals surface area contributed by atoms with E-state index in [1.54, 1.807) is 6.08 Å². The van der Waals surface area contributed by atoms with Crippen molar-refractivity contribution in [2.75, 3.05) is 13.2 Å². The topological polar surface area (TPSA) is 59.6 Å². The number of hydrogen-bond donors (Lipinski definition) is 2. The van der Waals surface area contributed by atoms with Gasteiger partial charge in [-0.1, -0.05) is 44.7 Å². The number of nitrogens with two attached hydrogens (primary N) is 1. The number of hydrogen-bond acceptors (Lipinski definition) is 2. The second kappa shape index (κ2) is 11.4. The van der Waals surface area contributed by atoms with Crippen LogP contribution in [-0.4, -0.2) is 19.1 Å². The lowest BCUT2D eigenvalue weighted by Gasteiger charge is -2.10. The predicted molar refractivity (Wildman–Crippen MR) is 100 cm³/mol. The summed E-state index contributed by atoms with van der Waals surface area (Å²) in [6.07, 6.45) is 2.80. The minimum Gasteiger partial charge on any atom is -0.489 e. The van der Waals surface area contributed by atoms with E-state index in [2.05, 4.69) is 30.7 Å². The van der Waals surface area contributed by atoms with Crippen LogP contribution < -0.4 is 15.8 Å². The Balaban J connectivity index is 0.00000400. The van der Waals surface area contributed by atoms with Gasteiger partial charge < -0.3 is 15.8 Å². The maximum absolute atomic E-state index is 5.84. The molecule has 1 aromatic carbocycles. The molecular weight excluding hydrogens is 377 g/mol. The van der Waals surface area contributed by atoms with Gasteiger partial charge >= 0.3 is 0 Å². The standard InChI is InChI=1S/C16H25N3O.HI/c1-4-11-20-15-8-6-5-7-14(15)12-19-16(17)18-10-9-13(2)3;/h4-8,13H,1,9-12H2,2-3H3,(H3,17,18,19);1H. The lowest BCUT2D eigenvalue weighted by atomic mass is 10.1. The highest BCUT2D eigenvalue weighted by Crippen LogP contribution is 2.18. The number of nitrogens with zero attached hydrogens (tertiary/aromatic N) is 1. The molecule has 0 aromatic heterocycles. The molecule has 0 saturated carbocycles. The summed E-state index contributed by atoms with van der Waals surface area (Å²) in [6, 6.07) is 7.82. The third kappa shape index (κ3) is 8.60. The van der Waals surface area contributed by atoms with Gasteiger partial charge in [0.15, 0.2) is 5.96 Å². The van der Waals surface area contributed by atoms with Crippen LogP contribution in [0.4, 0.5) is 0 Å². The Kier molecular flexibility index (Phi) is 10.7. The molecule has 118 valence electrons. The molecule has 0 unspecified atom stereocenters. The van der Waals surface area contributed by atoms with Crippen molar-refractivity contribution in [2.24, 2.45) is 16.6 Å². The fourth-order valence-corrected chi connectivity index (χ4v) is 1.64. The van der Waals surface area contributed by atoms with Gasteiger partial charge in [-0.25, -0.2) is 4.99 Å². The second-order valence-electron chi connectivity index (χ2n) is 5.02. The van der Waals surface area contributed by atoms with Gasteiger partial charge in [-0.05, 0) is 18.4 Å². The van der Waals surface area contributed by atoms with Crippen LogP contribution in [0.3, 0.4) is 0 Å². The van der Waals surface area contributed by atoms with Gasteiger partial charge in [0, 0.05) is 12.1 Å². The molecule has 0 atom stereocenters. The van der Waals surface area contributed by atoms with Crippen LogP contribution in [0.2, 0.25) is 0 Å². The second-order valence-corrected chi connectivity index (χ2v) is 5.02. The highest BCUT2D eigenvalue weighted by atomic mass is 127. The van der Waals surface area contributed by atoms with E-state index in [0.29, 0.717) is 25.0 Å². The fraction of sp³-hybridized carbons (Fsp3) is 0.438. The van der Waals surface area contributed by atoms with Gasteiger partial charge in [0.05, 0.1) is 6.54 Å². The molecule has 5 heteroatoms. The number of rotatable bonds is 8. The molecule has 0 radical (unpaired) electrons. The highest BCUT2D eigenvalue weighted by Gasteiger charge is 2.02. The zero-order chi connectivity index (χ0) is 14.8. The lowest BCUT2D eigenvalue weighted by Crippen LogP contribution is -2.32. The molecule has 0 spiro atoms. The number of halogens is 1. The summed E-state index contributed by atoms with van der Waals surface area (Å²) in [7, 11) is 0. The van der Waals surface area contributed by atoms with E-state index in [-0.39, 0.29) is 24.0 Å². The molecule has 0 saturated heterocycles. The Morgan fingerprint density at radius 1 is 1.43 bits per heavy atom. The summed E-state index contributed by atoms with van der Waals surface area (Å²) < 4.78 is 5.58. The van der Waals surface area contributed by atoms with Crippen molar-refractivity contribution in [2.45, 2.75) is 26.8 Å². The summed E-state index contributed by atoms with van der Waals surface area (Å²) in [5.41, 5.74) is 6.86. The van der Waals surface area contributed by atoms with E-state index in [0.717, 1.165) is 24.3 Å². The smallest absolute Gasteiger partial charge is 0.188 e. The minimum absolute atomic E-state index is 0. The van der Waals surface area contributed by atoms with Crippen LogP contribution in [-0.2, 0) is 6.54 Å². The van der Waals surface area contributed by atoms with Crippen LogP contribution in [0.15, 0.2) is 41.9 Å². The van der Waals surface area contributed by atoms with E-state index in [1.807, 2.05) is 24.3 Å². The first kappa shape index (κ1) is 19.8. The summed E-state index contributed by atoms with van der Waals surface area (Å²) >= 11 is 0. The van der Waals surface area contributed by atoms with Gasteiger partial charge in [0.25, 0.3) is 0 Å². The molecule has 0 aliphatic carbocycles. The normalized spacial score (nSPS) is 10.9. The van der Waals surface area contributed by atoms with Gasteiger partial charge in [0.2, 0.25) is 0 Å². The summed E-state index contributed by atoms with van der Waals surface area (Å²) in [5.74, 6) is 1.96. The summed E-state index contributed by atoms with van der Waals surface area (Å²) in [5, 5.41) is 3.12. The van der Waals surface area contributed by atoms with Gasteiger partial charge in [-0.15, -0.1) is 24.0 Å². The van der Waals surface area contributed by atoms with E-state index in [9.17, 15) is 0 Å². The van der Waals surface area contributed by atoms with Crippen LogP contribution in [0.25, 0.3) is 0 Å². The minimum atomic E-state index is 0. The molecule has 3 N–H and O–H groups in total. The predicted octanol–water partition coefficient (Wildman–Crippen LogP) is 3.32. The van der Waals surface area contributed by atoms with Crippen LogP contribution >= 0.6 is 24.0 Å². The summed E-state index contributed by atoms with van der Waals surface area (Å²) in [4.78, 5) is 4.34. The Bertz CT molecular complexity index is 447. The van der Waals surface area contributed by atoms with Crippen LogP contribution in [0.1, 0.15) is 25.8 Å². The van der Waals surface area contributed by atoms with Crippen molar-refractivity contribution in [1.82, 2.24) is 5.32 Å². The van der Waals surface area contributed by atoms with Crippen molar-refractivity contribution < 1.29 is 4.74 Å². The first-order valence-electron chi connectivity index (χ1n) is 6.99. The molecule has 0 amide bonds. The van der Waals surface area contributed by atoms with E-state index >= 15 is 0 Å². The van der Waals surface area contributed by atoms with Crippen molar-refractivity contribution in [1.29, 1.82) is 0 Å². The quantitative estimate of drug-likeness (QED) is 0.303. The van der Waals surface area contributed by atoms with E-state index in [1.165, 1.54) is 0 Å². The first-order chi connectivity index (χ1) is 9.63. The fourth-order valence-electron chi connectivity index (χ4n) is 1.64. The van der Waals surface area contributed by atoms with Gasteiger partial charge in [0.1, 0.15) is 12.4 Å². The molecule has 21 heavy (non-hydrogen) atoms. The average molecular weight is 403 g/mol. The molecule has 0 aliphatic rings. The van der Waals surface area contributed by atoms with Crippen LogP contribution in [0, 0.1) is 5.92 Å². The maximum Gasteiger partial charge on any atom is 0.188 e. The molecule has 0 heterocycles. The van der Waals surface area contributed by atoms with Crippen molar-refractivity contribution >= 4 is 29.9 Å². The number of para-hydroxylation sites is 1. The van der Waals surface area contributed by atoms with Crippen molar-refractivity contribution in [3.63, 3.8) is 0 Å². The zero-order valence-corrected chi connectivity index (χ0v) is 15.2. The Morgan fingerprint density at radius 2 is 2.14 bits per heavy atom. The largest absolute Gasteiger partial charge is 0.489 e. The average Bonchev–Trinajstić information content (AvgIpc) is 2.43. The summed E-state index contributed by atoms with van der Waals surface area (Å²) in [6.45, 7) is 9.86. The Hall–Kier alpha value is -1.24. The SMILES string of the molecule is C=CCOc1ccccc1CN=C(N)NCCC(C)C.I. The Morgan fingerprint density at radius 3 is 2.81 bits per heavy atom. The zero-order valence-electron chi connectivity index (χ0n) is 12.8. The molecule has 0 bridgehead atoms. The molecule has 1 rings (SSSR count). The number of benzene rings is 1. The Labute approximate surface area is 144 Å². The number of nitrogens with one attached hydrogen (secondary N) is 1. The molecular formula is C16H26IN3O. The number of aliphatic imine (C=N–C) groups is 1. The van der Waals surface area contributed by atoms with Gasteiger partial charge in [-0.3, -0.25) is 0 Å². The van der Waals surface area contributed by atoms with E-state index < -0.39 is 0 Å². The maximum atomic E-state index is 5.84. The third-order valence-corrected chi connectivity index (χ3v) is 2.78. The third-order valence-electron chi connectivity index (χ3n) is 2.78. The molecule has 1 aromatic rings. The number of ether oxygens (including phenoxy) is 1. The first-order valence-corrected chi connectivity index (χ1v) is 6.99. The number of guanidine groups is 1. The monoisotopic (exact) mass is 403 g/mol. The molecule has 4 nitrogen and oxygen atoms in total. The molecule has 0 aliphatic heterocycles. The van der Waals surface area contributed by atoms with Crippen molar-refractivity contribution in [3.05, 3.63) is 42.5 Å².